The van der Waals surface area contributed by atoms with Gasteiger partial charge in [0.1, 0.15) is 6.04 Å². The number of fused-ring (bicyclic) bond motifs is 3. The van der Waals surface area contributed by atoms with Gasteiger partial charge in [-0.05, 0) is 30.2 Å². The fraction of sp³-hybridized carbons (Fsp3) is 0.300. The Hall–Kier alpha value is -2.02. The minimum Gasteiger partial charge on any atom is -0.274 e. The number of nitrogens with zero attached hydrogens (tertiary/aromatic N) is 3. The minimum absolute atomic E-state index is 0.0719. The van der Waals surface area contributed by atoms with Crippen molar-refractivity contribution in [2.45, 2.75) is 18.5 Å². The fourth-order valence-corrected chi connectivity index (χ4v) is 5.02. The molecule has 2 aromatic rings. The van der Waals surface area contributed by atoms with Gasteiger partial charge in [0.05, 0.1) is 17.6 Å². The summed E-state index contributed by atoms with van der Waals surface area (Å²) >= 11 is 3.44. The summed E-state index contributed by atoms with van der Waals surface area (Å²) in [6.07, 6.45) is 1.02. The Morgan fingerprint density at radius 3 is 2.31 bits per heavy atom. The van der Waals surface area contributed by atoms with Crippen molar-refractivity contribution in [3.05, 3.63) is 64.6 Å². The summed E-state index contributed by atoms with van der Waals surface area (Å²) in [6.45, 7) is 1.72. The van der Waals surface area contributed by atoms with E-state index in [0.29, 0.717) is 5.69 Å². The van der Waals surface area contributed by atoms with Crippen molar-refractivity contribution in [1.29, 1.82) is 0 Å². The monoisotopic (exact) mass is 411 g/mol. The predicted molar refractivity (Wildman–Crippen MR) is 101 cm³/mol. The normalized spacial score (nSPS) is 28.7. The third kappa shape index (κ3) is 2.22. The zero-order valence-corrected chi connectivity index (χ0v) is 15.7. The topological polar surface area (TPSA) is 43.9 Å². The van der Waals surface area contributed by atoms with E-state index in [1.54, 1.807) is 0 Å². The van der Waals surface area contributed by atoms with Crippen LogP contribution in [0.15, 0.2) is 59.1 Å². The van der Waals surface area contributed by atoms with E-state index >= 15 is 0 Å². The van der Waals surface area contributed by atoms with Gasteiger partial charge in [-0.15, -0.1) is 0 Å². The molecule has 0 saturated carbocycles. The third-order valence-electron chi connectivity index (χ3n) is 5.61. The molecule has 0 radical (unpaired) electrons. The Bertz CT molecular complexity index is 888. The van der Waals surface area contributed by atoms with Gasteiger partial charge in [0, 0.05) is 17.6 Å². The summed E-state index contributed by atoms with van der Waals surface area (Å²) in [7, 11) is 0. The highest BCUT2D eigenvalue weighted by molar-refractivity contribution is 9.10. The molecule has 6 heteroatoms. The largest absolute Gasteiger partial charge is 0.274 e. The molecule has 3 aliphatic rings. The first-order chi connectivity index (χ1) is 12.7. The Morgan fingerprint density at radius 2 is 1.58 bits per heavy atom. The van der Waals surface area contributed by atoms with Gasteiger partial charge in [-0.1, -0.05) is 52.3 Å². The molecule has 5 nitrogen and oxygen atoms in total. The van der Waals surface area contributed by atoms with Gasteiger partial charge in [0.15, 0.2) is 0 Å². The van der Waals surface area contributed by atoms with Crippen LogP contribution in [0.3, 0.4) is 0 Å². The van der Waals surface area contributed by atoms with Crippen LogP contribution in [0, 0.1) is 5.92 Å². The van der Waals surface area contributed by atoms with Crippen LogP contribution in [0.4, 0.5) is 5.69 Å². The van der Waals surface area contributed by atoms with E-state index in [0.717, 1.165) is 29.5 Å². The highest BCUT2D eigenvalue weighted by Crippen LogP contribution is 2.48. The number of hydrazine groups is 1. The van der Waals surface area contributed by atoms with Gasteiger partial charge < -0.3 is 0 Å². The lowest BCUT2D eigenvalue weighted by atomic mass is 9.90. The molecule has 0 N–H and O–H groups in total. The van der Waals surface area contributed by atoms with E-state index < -0.39 is 6.04 Å². The molecule has 0 spiro atoms. The second kappa shape index (κ2) is 6.01. The summed E-state index contributed by atoms with van der Waals surface area (Å²) in [5.74, 6) is -0.561. The number of hydrogen-bond donors (Lipinski definition) is 0. The van der Waals surface area contributed by atoms with Crippen LogP contribution in [0.2, 0.25) is 0 Å². The first kappa shape index (κ1) is 16.2. The number of anilines is 1. The summed E-state index contributed by atoms with van der Waals surface area (Å²) in [6, 6.07) is 17.0. The van der Waals surface area contributed by atoms with E-state index in [1.807, 2.05) is 42.5 Å². The smallest absolute Gasteiger partial charge is 0.253 e. The highest BCUT2D eigenvalue weighted by Gasteiger charge is 2.62. The van der Waals surface area contributed by atoms with Crippen LogP contribution in [0.1, 0.15) is 18.0 Å². The quantitative estimate of drug-likeness (QED) is 0.712. The van der Waals surface area contributed by atoms with Crippen LogP contribution >= 0.6 is 15.9 Å². The summed E-state index contributed by atoms with van der Waals surface area (Å²) in [4.78, 5) is 28.0. The average Bonchev–Trinajstić information content (AvgIpc) is 3.28. The Balaban J connectivity index is 1.60. The molecule has 2 amide bonds. The number of carbonyl (C=O) groups excluding carboxylic acids is 2. The summed E-state index contributed by atoms with van der Waals surface area (Å²) in [5.41, 5.74) is 1.74. The number of hydrogen-bond acceptors (Lipinski definition) is 4. The molecule has 0 bridgehead atoms. The minimum atomic E-state index is -0.394. The predicted octanol–water partition coefficient (Wildman–Crippen LogP) is 2.98. The first-order valence-electron chi connectivity index (χ1n) is 8.88. The highest BCUT2D eigenvalue weighted by atomic mass is 79.9. The zero-order chi connectivity index (χ0) is 17.8. The molecule has 3 aliphatic heterocycles. The van der Waals surface area contributed by atoms with Gasteiger partial charge in [0.25, 0.3) is 5.91 Å². The second-order valence-corrected chi connectivity index (χ2v) is 7.91. The number of carbonyl (C=O) groups is 2. The molecule has 3 atom stereocenters. The van der Waals surface area contributed by atoms with E-state index in [4.69, 9.17) is 0 Å². The number of imide groups is 1. The lowest BCUT2D eigenvalue weighted by molar-refractivity contribution is -0.126. The lowest BCUT2D eigenvalue weighted by Crippen LogP contribution is -2.44. The Labute approximate surface area is 160 Å². The van der Waals surface area contributed by atoms with Gasteiger partial charge in [-0.2, -0.15) is 0 Å². The van der Waals surface area contributed by atoms with Crippen LogP contribution < -0.4 is 4.90 Å². The maximum Gasteiger partial charge on any atom is 0.253 e. The van der Waals surface area contributed by atoms with E-state index in [1.165, 1.54) is 4.90 Å². The molecule has 3 saturated heterocycles. The third-order valence-corrected chi connectivity index (χ3v) is 6.11. The zero-order valence-electron chi connectivity index (χ0n) is 14.1. The summed E-state index contributed by atoms with van der Waals surface area (Å²) in [5, 5.41) is 4.36. The molecule has 3 fully saturated rings. The molecular weight excluding hydrogens is 394 g/mol. The van der Waals surface area contributed by atoms with Crippen LogP contribution in [0.25, 0.3) is 0 Å². The van der Waals surface area contributed by atoms with Gasteiger partial charge in [0.2, 0.25) is 5.91 Å². The molecule has 0 aromatic heterocycles. The van der Waals surface area contributed by atoms with E-state index in [-0.39, 0.29) is 23.8 Å². The molecule has 132 valence electrons. The Kier molecular flexibility index (Phi) is 3.74. The van der Waals surface area contributed by atoms with Gasteiger partial charge in [-0.3, -0.25) is 9.59 Å². The molecule has 3 heterocycles. The molecular formula is C20H18BrN3O2. The Morgan fingerprint density at radius 1 is 0.846 bits per heavy atom. The van der Waals surface area contributed by atoms with E-state index in [2.05, 4.69) is 38.1 Å². The van der Waals surface area contributed by atoms with Gasteiger partial charge in [-0.25, -0.2) is 14.9 Å². The van der Waals surface area contributed by atoms with Crippen molar-refractivity contribution in [2.75, 3.05) is 18.0 Å². The number of amides is 2. The number of benzene rings is 2. The van der Waals surface area contributed by atoms with Gasteiger partial charge >= 0.3 is 0 Å². The molecule has 0 aliphatic carbocycles. The maximum atomic E-state index is 13.4. The standard InChI is InChI=1S/C20H18BrN3O2/c21-14-8-4-9-15(12-14)24-19(25)16-17(13-6-2-1-3-7-13)22-10-5-11-23(22)18(16)20(24)26/h1-4,6-9,12,16-18H,5,10-11H2/t16-,17+,18-/m0/s1. The van der Waals surface area contributed by atoms with Crippen LogP contribution in [-0.2, 0) is 9.59 Å². The maximum absolute atomic E-state index is 13.4. The molecule has 0 unspecified atom stereocenters. The number of halogens is 1. The molecule has 5 rings (SSSR count). The lowest BCUT2D eigenvalue weighted by Gasteiger charge is -2.29. The average molecular weight is 412 g/mol. The van der Waals surface area contributed by atoms with Crippen molar-refractivity contribution in [3.8, 4) is 0 Å². The van der Waals surface area contributed by atoms with Crippen molar-refractivity contribution in [3.63, 3.8) is 0 Å². The number of rotatable bonds is 2. The van der Waals surface area contributed by atoms with Crippen molar-refractivity contribution in [1.82, 2.24) is 10.0 Å². The molecule has 2 aromatic carbocycles. The van der Waals surface area contributed by atoms with Crippen molar-refractivity contribution in [2.24, 2.45) is 5.92 Å². The summed E-state index contributed by atoms with van der Waals surface area (Å²) < 4.78 is 0.857. The van der Waals surface area contributed by atoms with Crippen LogP contribution in [-0.4, -0.2) is 41.0 Å². The van der Waals surface area contributed by atoms with Crippen molar-refractivity contribution < 1.29 is 9.59 Å². The van der Waals surface area contributed by atoms with Crippen LogP contribution in [0.5, 0.6) is 0 Å². The first-order valence-corrected chi connectivity index (χ1v) is 9.67. The van der Waals surface area contributed by atoms with Crippen molar-refractivity contribution >= 4 is 33.4 Å². The fourth-order valence-electron chi connectivity index (χ4n) is 4.63. The molecule has 26 heavy (non-hydrogen) atoms. The second-order valence-electron chi connectivity index (χ2n) is 7.00. The van der Waals surface area contributed by atoms with E-state index in [9.17, 15) is 9.59 Å². The SMILES string of the molecule is O=C1[C@@H]2[C@@H](C(=O)N1c1cccc(Br)c1)N1CCCN1[C@@H]2c1ccccc1.